The van der Waals surface area contributed by atoms with E-state index in [1.165, 1.54) is 6.07 Å². The molecule has 0 saturated carbocycles. The zero-order chi connectivity index (χ0) is 12.5. The summed E-state index contributed by atoms with van der Waals surface area (Å²) in [5, 5.41) is 11.9. The van der Waals surface area contributed by atoms with Crippen LogP contribution in [0.1, 0.15) is 0 Å². The van der Waals surface area contributed by atoms with Gasteiger partial charge in [0.05, 0.1) is 4.92 Å². The molecule has 0 saturated heterocycles. The lowest BCUT2D eigenvalue weighted by atomic mass is 10.0. The Morgan fingerprint density at radius 1 is 1.06 bits per heavy atom. The van der Waals surface area contributed by atoms with Crippen molar-refractivity contribution in [3.05, 3.63) is 64.8 Å². The van der Waals surface area contributed by atoms with Crippen molar-refractivity contribution in [2.24, 2.45) is 0 Å². The van der Waals surface area contributed by atoms with Gasteiger partial charge in [-0.15, -0.1) is 0 Å². The van der Waals surface area contributed by atoms with E-state index in [0.29, 0.717) is 0 Å². The molecule has 1 N–H and O–H groups in total. The SMILES string of the molecule is O=[N+]([O-])c1cccc(-c2c[nH]c3ccccc23)c1. The summed E-state index contributed by atoms with van der Waals surface area (Å²) in [4.78, 5) is 13.6. The number of nitro benzene ring substituents is 1. The number of nitrogens with zero attached hydrogens (tertiary/aromatic N) is 1. The number of nitrogens with one attached hydrogen (secondary N) is 1. The Labute approximate surface area is 103 Å². The Kier molecular flexibility index (Phi) is 2.34. The zero-order valence-electron chi connectivity index (χ0n) is 9.46. The summed E-state index contributed by atoms with van der Waals surface area (Å²) in [6.45, 7) is 0. The summed E-state index contributed by atoms with van der Waals surface area (Å²) in [5.41, 5.74) is 2.97. The van der Waals surface area contributed by atoms with Crippen molar-refractivity contribution in [1.29, 1.82) is 0 Å². The maximum Gasteiger partial charge on any atom is 0.270 e. The number of fused-ring (bicyclic) bond motifs is 1. The average molecular weight is 238 g/mol. The topological polar surface area (TPSA) is 58.9 Å². The first kappa shape index (κ1) is 10.5. The number of rotatable bonds is 2. The van der Waals surface area contributed by atoms with Gasteiger partial charge < -0.3 is 4.98 Å². The minimum atomic E-state index is -0.377. The zero-order valence-corrected chi connectivity index (χ0v) is 9.46. The van der Waals surface area contributed by atoms with Gasteiger partial charge in [-0.1, -0.05) is 30.3 Å². The molecule has 4 nitrogen and oxygen atoms in total. The summed E-state index contributed by atoms with van der Waals surface area (Å²) in [7, 11) is 0. The van der Waals surface area contributed by atoms with Gasteiger partial charge in [0, 0.05) is 34.8 Å². The van der Waals surface area contributed by atoms with Crippen LogP contribution in [-0.2, 0) is 0 Å². The van der Waals surface area contributed by atoms with Crippen LogP contribution in [0.3, 0.4) is 0 Å². The van der Waals surface area contributed by atoms with Crippen molar-refractivity contribution < 1.29 is 4.92 Å². The fraction of sp³-hybridized carbons (Fsp3) is 0. The Morgan fingerprint density at radius 2 is 1.89 bits per heavy atom. The third-order valence-corrected chi connectivity index (χ3v) is 2.96. The van der Waals surface area contributed by atoms with Gasteiger partial charge in [-0.2, -0.15) is 0 Å². The van der Waals surface area contributed by atoms with Gasteiger partial charge in [0.15, 0.2) is 0 Å². The highest BCUT2D eigenvalue weighted by Crippen LogP contribution is 2.30. The Morgan fingerprint density at radius 3 is 2.72 bits per heavy atom. The van der Waals surface area contributed by atoms with E-state index < -0.39 is 0 Å². The largest absolute Gasteiger partial charge is 0.361 e. The highest BCUT2D eigenvalue weighted by Gasteiger charge is 2.10. The number of benzene rings is 2. The van der Waals surface area contributed by atoms with Crippen LogP contribution >= 0.6 is 0 Å². The summed E-state index contributed by atoms with van der Waals surface area (Å²) >= 11 is 0. The predicted molar refractivity (Wildman–Crippen MR) is 70.4 cm³/mol. The van der Waals surface area contributed by atoms with Crippen LogP contribution in [0.15, 0.2) is 54.7 Å². The van der Waals surface area contributed by atoms with E-state index in [1.807, 2.05) is 36.5 Å². The van der Waals surface area contributed by atoms with Gasteiger partial charge in [0.1, 0.15) is 0 Å². The molecule has 3 aromatic rings. The van der Waals surface area contributed by atoms with Crippen LogP contribution in [0.4, 0.5) is 5.69 Å². The number of aromatic nitrogens is 1. The molecule has 0 aliphatic heterocycles. The van der Waals surface area contributed by atoms with Crippen LogP contribution in [-0.4, -0.2) is 9.91 Å². The first-order chi connectivity index (χ1) is 8.75. The molecule has 0 aliphatic rings. The molecular weight excluding hydrogens is 228 g/mol. The van der Waals surface area contributed by atoms with E-state index in [-0.39, 0.29) is 10.6 Å². The van der Waals surface area contributed by atoms with Crippen LogP contribution in [0.5, 0.6) is 0 Å². The van der Waals surface area contributed by atoms with E-state index in [2.05, 4.69) is 4.98 Å². The Balaban J connectivity index is 2.20. The van der Waals surface area contributed by atoms with Crippen LogP contribution < -0.4 is 0 Å². The number of non-ortho nitro benzene ring substituents is 1. The quantitative estimate of drug-likeness (QED) is 0.546. The highest BCUT2D eigenvalue weighted by molar-refractivity contribution is 5.95. The number of hydrogen-bond donors (Lipinski definition) is 1. The summed E-state index contributed by atoms with van der Waals surface area (Å²) in [5.74, 6) is 0. The number of para-hydroxylation sites is 1. The van der Waals surface area contributed by atoms with Crippen molar-refractivity contribution in [3.8, 4) is 11.1 Å². The molecule has 1 aromatic heterocycles. The third kappa shape index (κ3) is 1.64. The van der Waals surface area contributed by atoms with E-state index >= 15 is 0 Å². The molecule has 0 atom stereocenters. The van der Waals surface area contributed by atoms with E-state index in [4.69, 9.17) is 0 Å². The molecule has 88 valence electrons. The molecule has 4 heteroatoms. The summed E-state index contributed by atoms with van der Waals surface area (Å²) in [6, 6.07) is 14.6. The average Bonchev–Trinajstić information content (AvgIpc) is 2.82. The van der Waals surface area contributed by atoms with Gasteiger partial charge in [0.25, 0.3) is 5.69 Å². The van der Waals surface area contributed by atoms with Gasteiger partial charge >= 0.3 is 0 Å². The van der Waals surface area contributed by atoms with Gasteiger partial charge in [-0.3, -0.25) is 10.1 Å². The lowest BCUT2D eigenvalue weighted by molar-refractivity contribution is -0.384. The standard InChI is InChI=1S/C14H10N2O2/c17-16(18)11-5-3-4-10(8-11)13-9-15-14-7-2-1-6-12(13)14/h1-9,15H. The molecule has 0 bridgehead atoms. The second kappa shape index (κ2) is 4.00. The fourth-order valence-electron chi connectivity index (χ4n) is 2.10. The molecule has 0 radical (unpaired) electrons. The van der Waals surface area contributed by atoms with Gasteiger partial charge in [-0.05, 0) is 11.6 Å². The maximum absolute atomic E-state index is 10.8. The van der Waals surface area contributed by atoms with Crippen molar-refractivity contribution in [3.63, 3.8) is 0 Å². The van der Waals surface area contributed by atoms with Crippen molar-refractivity contribution in [1.82, 2.24) is 4.98 Å². The molecule has 2 aromatic carbocycles. The fourth-order valence-corrected chi connectivity index (χ4v) is 2.10. The van der Waals surface area contributed by atoms with Gasteiger partial charge in [-0.25, -0.2) is 0 Å². The number of nitro groups is 1. The second-order valence-corrected chi connectivity index (χ2v) is 4.06. The first-order valence-corrected chi connectivity index (χ1v) is 5.56. The second-order valence-electron chi connectivity index (χ2n) is 4.06. The Bertz CT molecular complexity index is 731. The lowest BCUT2D eigenvalue weighted by Gasteiger charge is -1.99. The maximum atomic E-state index is 10.8. The summed E-state index contributed by atoms with van der Waals surface area (Å²) < 4.78 is 0. The smallest absolute Gasteiger partial charge is 0.270 e. The van der Waals surface area contributed by atoms with Crippen LogP contribution in [0.2, 0.25) is 0 Å². The Hall–Kier alpha value is -2.62. The minimum absolute atomic E-state index is 0.109. The van der Waals surface area contributed by atoms with E-state index in [1.54, 1.807) is 12.1 Å². The molecule has 18 heavy (non-hydrogen) atoms. The minimum Gasteiger partial charge on any atom is -0.361 e. The lowest BCUT2D eigenvalue weighted by Crippen LogP contribution is -1.87. The molecular formula is C14H10N2O2. The van der Waals surface area contributed by atoms with Gasteiger partial charge in [0.2, 0.25) is 0 Å². The van der Waals surface area contributed by atoms with Crippen molar-refractivity contribution >= 4 is 16.6 Å². The van der Waals surface area contributed by atoms with Crippen LogP contribution in [0.25, 0.3) is 22.0 Å². The monoisotopic (exact) mass is 238 g/mol. The van der Waals surface area contributed by atoms with Crippen molar-refractivity contribution in [2.75, 3.05) is 0 Å². The normalized spacial score (nSPS) is 10.7. The molecule has 1 heterocycles. The molecule has 3 rings (SSSR count). The van der Waals surface area contributed by atoms with E-state index in [9.17, 15) is 10.1 Å². The van der Waals surface area contributed by atoms with Crippen molar-refractivity contribution in [2.45, 2.75) is 0 Å². The molecule has 0 unspecified atom stereocenters. The number of hydrogen-bond acceptors (Lipinski definition) is 2. The number of H-pyrrole nitrogens is 1. The first-order valence-electron chi connectivity index (χ1n) is 5.56. The molecule has 0 fully saturated rings. The molecule has 0 amide bonds. The molecule has 0 spiro atoms. The highest BCUT2D eigenvalue weighted by atomic mass is 16.6. The number of aromatic amines is 1. The summed E-state index contributed by atoms with van der Waals surface area (Å²) in [6.07, 6.45) is 1.88. The van der Waals surface area contributed by atoms with Crippen LogP contribution in [0, 0.1) is 10.1 Å². The molecule has 0 aliphatic carbocycles. The predicted octanol–water partition coefficient (Wildman–Crippen LogP) is 3.74. The third-order valence-electron chi connectivity index (χ3n) is 2.96. The van der Waals surface area contributed by atoms with E-state index in [0.717, 1.165) is 22.0 Å².